The van der Waals surface area contributed by atoms with E-state index in [9.17, 15) is 10.1 Å². The number of anilines is 1. The SMILES string of the molecule is N#Cc1c2c(n(CC3CCCO3)c1NC(=O)CSc1ccc3ccccc3n1)CCCC2. The number of aromatic nitrogens is 2. The van der Waals surface area contributed by atoms with Crippen molar-refractivity contribution in [1.82, 2.24) is 9.55 Å². The lowest BCUT2D eigenvalue weighted by molar-refractivity contribution is -0.113. The van der Waals surface area contributed by atoms with E-state index in [1.807, 2.05) is 36.4 Å². The van der Waals surface area contributed by atoms with Crippen LogP contribution < -0.4 is 5.32 Å². The molecule has 3 aromatic rings. The quantitative estimate of drug-likeness (QED) is 0.556. The fourth-order valence-electron chi connectivity index (χ4n) is 4.75. The molecular weight excluding hydrogens is 420 g/mol. The smallest absolute Gasteiger partial charge is 0.235 e. The molecule has 1 amide bonds. The van der Waals surface area contributed by atoms with Crippen molar-refractivity contribution >= 4 is 34.4 Å². The number of nitrogens with one attached hydrogen (secondary N) is 1. The molecule has 32 heavy (non-hydrogen) atoms. The summed E-state index contributed by atoms with van der Waals surface area (Å²) in [6, 6.07) is 14.3. The largest absolute Gasteiger partial charge is 0.376 e. The average Bonchev–Trinajstić information content (AvgIpc) is 3.44. The number of hydrogen-bond acceptors (Lipinski definition) is 5. The molecule has 1 unspecified atom stereocenters. The van der Waals surface area contributed by atoms with Crippen LogP contribution in [0.25, 0.3) is 10.9 Å². The van der Waals surface area contributed by atoms with Gasteiger partial charge in [-0.15, -0.1) is 0 Å². The zero-order chi connectivity index (χ0) is 21.9. The molecule has 0 bridgehead atoms. The Morgan fingerprint density at radius 2 is 2.09 bits per heavy atom. The average molecular weight is 447 g/mol. The molecule has 5 rings (SSSR count). The molecule has 6 nitrogen and oxygen atoms in total. The summed E-state index contributed by atoms with van der Waals surface area (Å²) in [6.07, 6.45) is 6.28. The van der Waals surface area contributed by atoms with Gasteiger partial charge >= 0.3 is 0 Å². The predicted molar refractivity (Wildman–Crippen MR) is 126 cm³/mol. The molecule has 1 N–H and O–H groups in total. The van der Waals surface area contributed by atoms with Gasteiger partial charge in [0.1, 0.15) is 11.9 Å². The Balaban J connectivity index is 1.35. The van der Waals surface area contributed by atoms with E-state index in [4.69, 9.17) is 4.74 Å². The van der Waals surface area contributed by atoms with Crippen LogP contribution in [0, 0.1) is 11.3 Å². The second-order valence-corrected chi connectivity index (χ2v) is 9.39. The Labute approximate surface area is 192 Å². The van der Waals surface area contributed by atoms with Crippen molar-refractivity contribution < 1.29 is 9.53 Å². The van der Waals surface area contributed by atoms with Crippen molar-refractivity contribution in [3.8, 4) is 6.07 Å². The van der Waals surface area contributed by atoms with Gasteiger partial charge in [0.25, 0.3) is 0 Å². The van der Waals surface area contributed by atoms with Gasteiger partial charge in [0.05, 0.1) is 34.5 Å². The number of amides is 1. The van der Waals surface area contributed by atoms with Crippen LogP contribution in [0.1, 0.15) is 42.5 Å². The summed E-state index contributed by atoms with van der Waals surface area (Å²) in [5, 5.41) is 14.9. The Kier molecular flexibility index (Phi) is 6.15. The molecule has 0 spiro atoms. The lowest BCUT2D eigenvalue weighted by Crippen LogP contribution is -2.23. The molecule has 164 valence electrons. The van der Waals surface area contributed by atoms with E-state index in [1.54, 1.807) is 0 Å². The lowest BCUT2D eigenvalue weighted by atomic mass is 9.95. The number of para-hydroxylation sites is 1. The van der Waals surface area contributed by atoms with E-state index < -0.39 is 0 Å². The highest BCUT2D eigenvalue weighted by atomic mass is 32.2. The molecule has 2 aliphatic rings. The summed E-state index contributed by atoms with van der Waals surface area (Å²) in [4.78, 5) is 17.5. The van der Waals surface area contributed by atoms with Gasteiger partial charge in [0, 0.05) is 17.7 Å². The van der Waals surface area contributed by atoms with Gasteiger partial charge in [-0.25, -0.2) is 4.98 Å². The van der Waals surface area contributed by atoms with Gasteiger partial charge in [-0.3, -0.25) is 4.79 Å². The Morgan fingerprint density at radius 3 is 2.94 bits per heavy atom. The highest BCUT2D eigenvalue weighted by molar-refractivity contribution is 7.99. The van der Waals surface area contributed by atoms with E-state index >= 15 is 0 Å². The summed E-state index contributed by atoms with van der Waals surface area (Å²) in [7, 11) is 0. The Bertz CT molecular complexity index is 1190. The number of benzene rings is 1. The van der Waals surface area contributed by atoms with E-state index in [0.717, 1.165) is 66.6 Å². The minimum absolute atomic E-state index is 0.120. The third-order valence-corrected chi connectivity index (χ3v) is 7.21. The molecule has 0 radical (unpaired) electrons. The summed E-state index contributed by atoms with van der Waals surface area (Å²) < 4.78 is 8.02. The molecule has 3 heterocycles. The number of fused-ring (bicyclic) bond motifs is 2. The van der Waals surface area contributed by atoms with Crippen LogP contribution in [0.3, 0.4) is 0 Å². The van der Waals surface area contributed by atoms with Gasteiger partial charge < -0.3 is 14.6 Å². The monoisotopic (exact) mass is 446 g/mol. The highest BCUT2D eigenvalue weighted by Crippen LogP contribution is 2.34. The van der Waals surface area contributed by atoms with E-state index in [1.165, 1.54) is 17.5 Å². The first-order valence-corrected chi connectivity index (χ1v) is 12.3. The fourth-order valence-corrected chi connectivity index (χ4v) is 5.43. The number of thioether (sulfide) groups is 1. The van der Waals surface area contributed by atoms with Gasteiger partial charge in [-0.05, 0) is 56.2 Å². The van der Waals surface area contributed by atoms with Crippen molar-refractivity contribution in [3.05, 3.63) is 53.2 Å². The number of rotatable bonds is 6. The van der Waals surface area contributed by atoms with Crippen LogP contribution in [0.4, 0.5) is 5.82 Å². The van der Waals surface area contributed by atoms with Gasteiger partial charge in [0.2, 0.25) is 5.91 Å². The molecule has 1 atom stereocenters. The number of nitrogens with zero attached hydrogens (tertiary/aromatic N) is 3. The number of ether oxygens (including phenoxy) is 1. The fraction of sp³-hybridized carbons (Fsp3) is 0.400. The zero-order valence-corrected chi connectivity index (χ0v) is 18.8. The first kappa shape index (κ1) is 21.0. The maximum atomic E-state index is 12.9. The van der Waals surface area contributed by atoms with Crippen LogP contribution in [-0.4, -0.2) is 33.9 Å². The minimum atomic E-state index is -0.120. The molecule has 1 fully saturated rings. The molecule has 1 aliphatic heterocycles. The third kappa shape index (κ3) is 4.25. The molecule has 1 aromatic carbocycles. The third-order valence-electron chi connectivity index (χ3n) is 6.28. The van der Waals surface area contributed by atoms with Crippen LogP contribution in [0.15, 0.2) is 41.4 Å². The van der Waals surface area contributed by atoms with Crippen molar-refractivity contribution in [2.75, 3.05) is 17.7 Å². The number of hydrogen-bond donors (Lipinski definition) is 1. The van der Waals surface area contributed by atoms with Crippen molar-refractivity contribution in [3.63, 3.8) is 0 Å². The lowest BCUT2D eigenvalue weighted by Gasteiger charge is -2.19. The van der Waals surface area contributed by atoms with Gasteiger partial charge in [0.15, 0.2) is 0 Å². The van der Waals surface area contributed by atoms with Crippen LogP contribution in [-0.2, 0) is 28.9 Å². The second kappa shape index (κ2) is 9.35. The topological polar surface area (TPSA) is 79.9 Å². The van der Waals surface area contributed by atoms with Crippen molar-refractivity contribution in [1.29, 1.82) is 5.26 Å². The summed E-state index contributed by atoms with van der Waals surface area (Å²) in [5.41, 5.74) is 3.85. The first-order chi connectivity index (χ1) is 15.7. The maximum absolute atomic E-state index is 12.9. The molecular formula is C25H26N4O2S. The summed E-state index contributed by atoms with van der Waals surface area (Å²) >= 11 is 1.41. The second-order valence-electron chi connectivity index (χ2n) is 8.39. The number of carbonyl (C=O) groups excluding carboxylic acids is 1. The van der Waals surface area contributed by atoms with Crippen LogP contribution >= 0.6 is 11.8 Å². The summed E-state index contributed by atoms with van der Waals surface area (Å²) in [6.45, 7) is 1.48. The zero-order valence-electron chi connectivity index (χ0n) is 18.0. The number of carbonyl (C=O) groups is 1. The molecule has 7 heteroatoms. The Hall–Kier alpha value is -2.82. The number of pyridine rings is 1. The standard InChI is InChI=1S/C25H26N4O2S/c26-14-20-19-8-2-4-10-22(19)29(15-18-7-5-13-31-18)25(20)28-23(30)16-32-24-12-11-17-6-1-3-9-21(17)27-24/h1,3,6,9,11-12,18H,2,4-5,7-8,10,13,15-16H2,(H,28,30). The van der Waals surface area contributed by atoms with Gasteiger partial charge in [-0.1, -0.05) is 36.0 Å². The number of nitriles is 1. The molecule has 0 saturated carbocycles. The molecule has 1 saturated heterocycles. The van der Waals surface area contributed by atoms with Crippen molar-refractivity contribution in [2.24, 2.45) is 0 Å². The minimum Gasteiger partial charge on any atom is -0.376 e. The van der Waals surface area contributed by atoms with Gasteiger partial charge in [-0.2, -0.15) is 5.26 Å². The molecule has 1 aliphatic carbocycles. The predicted octanol–water partition coefficient (Wildman–Crippen LogP) is 4.70. The molecule has 2 aromatic heterocycles. The normalized spacial score (nSPS) is 17.8. The van der Waals surface area contributed by atoms with E-state index in [0.29, 0.717) is 17.9 Å². The first-order valence-electron chi connectivity index (χ1n) is 11.3. The van der Waals surface area contributed by atoms with E-state index in [-0.39, 0.29) is 17.8 Å². The maximum Gasteiger partial charge on any atom is 0.235 e. The highest BCUT2D eigenvalue weighted by Gasteiger charge is 2.28. The summed E-state index contributed by atoms with van der Waals surface area (Å²) in [5.74, 6) is 0.767. The Morgan fingerprint density at radius 1 is 1.22 bits per heavy atom. The van der Waals surface area contributed by atoms with Crippen molar-refractivity contribution in [2.45, 2.75) is 56.2 Å². The van der Waals surface area contributed by atoms with E-state index in [2.05, 4.69) is 20.9 Å². The van der Waals surface area contributed by atoms with Crippen LogP contribution in [0.5, 0.6) is 0 Å². The van der Waals surface area contributed by atoms with Crippen LogP contribution in [0.2, 0.25) is 0 Å².